The monoisotopic (exact) mass is 242 g/mol. The van der Waals surface area contributed by atoms with Gasteiger partial charge >= 0.3 is 0 Å². The molecule has 0 saturated carbocycles. The number of ether oxygens (including phenoxy) is 1. The van der Waals surface area contributed by atoms with Crippen molar-refractivity contribution >= 4 is 5.91 Å². The van der Waals surface area contributed by atoms with Gasteiger partial charge in [-0.2, -0.15) is 0 Å². The molecule has 0 fully saturated rings. The van der Waals surface area contributed by atoms with Gasteiger partial charge in [0.1, 0.15) is 5.75 Å². The van der Waals surface area contributed by atoms with E-state index in [2.05, 4.69) is 10.3 Å². The van der Waals surface area contributed by atoms with Gasteiger partial charge in [0.2, 0.25) is 0 Å². The number of likely N-dealkylation sites (N-methyl/N-ethyl adjacent to an activating group) is 1. The van der Waals surface area contributed by atoms with E-state index in [1.807, 2.05) is 36.4 Å². The minimum absolute atomic E-state index is 0.0125. The number of carbonyl (C=O) groups excluding carboxylic acids is 1. The number of hydrogen-bond donors (Lipinski definition) is 1. The van der Waals surface area contributed by atoms with Crippen LogP contribution >= 0.6 is 0 Å². The third-order valence-electron chi connectivity index (χ3n) is 2.52. The van der Waals surface area contributed by atoms with Gasteiger partial charge in [0.25, 0.3) is 5.91 Å². The molecule has 1 N–H and O–H groups in total. The molecular weight excluding hydrogens is 228 g/mol. The van der Waals surface area contributed by atoms with E-state index >= 15 is 0 Å². The Bertz CT molecular complexity index is 526. The van der Waals surface area contributed by atoms with Crippen molar-refractivity contribution in [2.75, 3.05) is 13.7 Å². The lowest BCUT2D eigenvalue weighted by atomic mass is 10.1. The van der Waals surface area contributed by atoms with Crippen LogP contribution < -0.4 is 10.1 Å². The molecule has 0 aliphatic rings. The molecule has 1 aromatic carbocycles. The number of carbonyl (C=O) groups is 1. The molecule has 0 atom stereocenters. The topological polar surface area (TPSA) is 51.2 Å². The second kappa shape index (κ2) is 5.82. The number of pyridine rings is 1. The molecule has 0 saturated heterocycles. The number of benzene rings is 1. The molecule has 2 aromatic rings. The Hall–Kier alpha value is -2.36. The Kier molecular flexibility index (Phi) is 3.91. The summed E-state index contributed by atoms with van der Waals surface area (Å²) in [5.41, 5.74) is 1.96. The highest BCUT2D eigenvalue weighted by molar-refractivity contribution is 5.78. The van der Waals surface area contributed by atoms with E-state index in [1.165, 1.54) is 0 Å². The summed E-state index contributed by atoms with van der Waals surface area (Å²) in [5.74, 6) is 0.534. The van der Waals surface area contributed by atoms with Crippen molar-refractivity contribution in [1.29, 1.82) is 0 Å². The SMILES string of the molecule is CNC(=O)COc1ccccc1-c1ccncc1. The van der Waals surface area contributed by atoms with E-state index in [9.17, 15) is 4.79 Å². The Morgan fingerprint density at radius 2 is 1.94 bits per heavy atom. The molecule has 2 rings (SSSR count). The summed E-state index contributed by atoms with van der Waals surface area (Å²) >= 11 is 0. The molecule has 0 unspecified atom stereocenters. The highest BCUT2D eigenvalue weighted by Crippen LogP contribution is 2.28. The smallest absolute Gasteiger partial charge is 0.257 e. The fourth-order valence-electron chi connectivity index (χ4n) is 1.58. The van der Waals surface area contributed by atoms with E-state index in [0.717, 1.165) is 11.1 Å². The van der Waals surface area contributed by atoms with Crippen molar-refractivity contribution in [3.63, 3.8) is 0 Å². The van der Waals surface area contributed by atoms with Crippen molar-refractivity contribution in [2.24, 2.45) is 0 Å². The second-order valence-corrected chi connectivity index (χ2v) is 3.69. The summed E-state index contributed by atoms with van der Waals surface area (Å²) in [4.78, 5) is 15.2. The van der Waals surface area contributed by atoms with Gasteiger partial charge in [-0.25, -0.2) is 0 Å². The number of amides is 1. The molecule has 0 spiro atoms. The summed E-state index contributed by atoms with van der Waals surface area (Å²) in [6.07, 6.45) is 3.45. The molecule has 4 nitrogen and oxygen atoms in total. The first-order valence-electron chi connectivity index (χ1n) is 5.64. The predicted molar refractivity (Wildman–Crippen MR) is 69.2 cm³/mol. The number of para-hydroxylation sites is 1. The Labute approximate surface area is 106 Å². The van der Waals surface area contributed by atoms with E-state index in [1.54, 1.807) is 19.4 Å². The standard InChI is InChI=1S/C14H14N2O2/c1-15-14(17)10-18-13-5-3-2-4-12(13)11-6-8-16-9-7-11/h2-9H,10H2,1H3,(H,15,17). The zero-order valence-electron chi connectivity index (χ0n) is 10.1. The number of hydrogen-bond acceptors (Lipinski definition) is 3. The van der Waals surface area contributed by atoms with Crippen LogP contribution in [0.25, 0.3) is 11.1 Å². The first-order chi connectivity index (χ1) is 8.81. The lowest BCUT2D eigenvalue weighted by Crippen LogP contribution is -2.24. The summed E-state index contributed by atoms with van der Waals surface area (Å²) in [5, 5.41) is 2.52. The van der Waals surface area contributed by atoms with Crippen LogP contribution in [0.4, 0.5) is 0 Å². The number of rotatable bonds is 4. The van der Waals surface area contributed by atoms with E-state index in [-0.39, 0.29) is 12.5 Å². The average molecular weight is 242 g/mol. The van der Waals surface area contributed by atoms with Gasteiger partial charge in [0.15, 0.2) is 6.61 Å². The van der Waals surface area contributed by atoms with Gasteiger partial charge in [-0.15, -0.1) is 0 Å². The van der Waals surface area contributed by atoms with Crippen LogP contribution in [0.5, 0.6) is 5.75 Å². The highest BCUT2D eigenvalue weighted by Gasteiger charge is 2.06. The van der Waals surface area contributed by atoms with Gasteiger partial charge in [0.05, 0.1) is 0 Å². The van der Waals surface area contributed by atoms with Crippen molar-refractivity contribution in [3.05, 3.63) is 48.8 Å². The van der Waals surface area contributed by atoms with Crippen molar-refractivity contribution in [1.82, 2.24) is 10.3 Å². The van der Waals surface area contributed by atoms with Crippen molar-refractivity contribution < 1.29 is 9.53 Å². The lowest BCUT2D eigenvalue weighted by molar-refractivity contribution is -0.122. The molecule has 1 heterocycles. The molecule has 0 radical (unpaired) electrons. The maximum atomic E-state index is 11.2. The maximum Gasteiger partial charge on any atom is 0.257 e. The fraction of sp³-hybridized carbons (Fsp3) is 0.143. The summed E-state index contributed by atoms with van der Waals surface area (Å²) in [6.45, 7) is 0.0125. The summed E-state index contributed by atoms with van der Waals surface area (Å²) < 4.78 is 5.51. The van der Waals surface area contributed by atoms with Gasteiger partial charge < -0.3 is 10.1 Å². The zero-order chi connectivity index (χ0) is 12.8. The van der Waals surface area contributed by atoms with Crippen molar-refractivity contribution in [2.45, 2.75) is 0 Å². The molecule has 1 aromatic heterocycles. The first-order valence-corrected chi connectivity index (χ1v) is 5.64. The van der Waals surface area contributed by atoms with E-state index in [4.69, 9.17) is 4.74 Å². The minimum Gasteiger partial charge on any atom is -0.483 e. The zero-order valence-corrected chi connectivity index (χ0v) is 10.1. The molecule has 4 heteroatoms. The molecule has 1 amide bonds. The van der Waals surface area contributed by atoms with Gasteiger partial charge in [-0.1, -0.05) is 18.2 Å². The normalized spacial score (nSPS) is 9.83. The van der Waals surface area contributed by atoms with Crippen LogP contribution in [0.15, 0.2) is 48.8 Å². The molecule has 18 heavy (non-hydrogen) atoms. The van der Waals surface area contributed by atoms with Crippen LogP contribution in [0.3, 0.4) is 0 Å². The molecule has 0 aliphatic heterocycles. The first kappa shape index (κ1) is 12.1. The van der Waals surface area contributed by atoms with Gasteiger partial charge in [-0.3, -0.25) is 9.78 Å². The molecule has 0 bridgehead atoms. The van der Waals surface area contributed by atoms with Crippen LogP contribution in [0, 0.1) is 0 Å². The van der Waals surface area contributed by atoms with Crippen LogP contribution in [-0.2, 0) is 4.79 Å². The summed E-state index contributed by atoms with van der Waals surface area (Å²) in [6, 6.07) is 11.4. The predicted octanol–water partition coefficient (Wildman–Crippen LogP) is 1.87. The fourth-order valence-corrected chi connectivity index (χ4v) is 1.58. The summed E-state index contributed by atoms with van der Waals surface area (Å²) in [7, 11) is 1.58. The average Bonchev–Trinajstić information content (AvgIpc) is 2.46. The molecular formula is C14H14N2O2. The van der Waals surface area contributed by atoms with Crippen molar-refractivity contribution in [3.8, 4) is 16.9 Å². The quantitative estimate of drug-likeness (QED) is 0.890. The lowest BCUT2D eigenvalue weighted by Gasteiger charge is -2.10. The second-order valence-electron chi connectivity index (χ2n) is 3.69. The molecule has 92 valence electrons. The third-order valence-corrected chi connectivity index (χ3v) is 2.52. The third kappa shape index (κ3) is 2.85. The minimum atomic E-state index is -0.153. The molecule has 0 aliphatic carbocycles. The highest BCUT2D eigenvalue weighted by atomic mass is 16.5. The van der Waals surface area contributed by atoms with Crippen LogP contribution in [0.1, 0.15) is 0 Å². The number of aromatic nitrogens is 1. The van der Waals surface area contributed by atoms with E-state index < -0.39 is 0 Å². The largest absolute Gasteiger partial charge is 0.483 e. The van der Waals surface area contributed by atoms with Gasteiger partial charge in [-0.05, 0) is 23.8 Å². The Balaban J connectivity index is 2.24. The van der Waals surface area contributed by atoms with Crippen LogP contribution in [0.2, 0.25) is 0 Å². The number of nitrogens with one attached hydrogen (secondary N) is 1. The maximum absolute atomic E-state index is 11.2. The van der Waals surface area contributed by atoms with E-state index in [0.29, 0.717) is 5.75 Å². The Morgan fingerprint density at radius 3 is 2.67 bits per heavy atom. The van der Waals surface area contributed by atoms with Gasteiger partial charge in [0, 0.05) is 25.0 Å². The Morgan fingerprint density at radius 1 is 1.22 bits per heavy atom. The number of nitrogens with zero attached hydrogens (tertiary/aromatic N) is 1. The van der Waals surface area contributed by atoms with Crippen LogP contribution in [-0.4, -0.2) is 24.5 Å².